The Morgan fingerprint density at radius 2 is 2.00 bits per heavy atom. The van der Waals surface area contributed by atoms with Crippen LogP contribution in [-0.2, 0) is 12.0 Å². The van der Waals surface area contributed by atoms with Crippen LogP contribution in [0.1, 0.15) is 33.5 Å². The Hall–Kier alpha value is -1.51. The molecule has 0 saturated heterocycles. The van der Waals surface area contributed by atoms with Crippen LogP contribution >= 0.6 is 0 Å². The molecule has 0 spiro atoms. The number of hydrogen-bond acceptors (Lipinski definition) is 2. The Morgan fingerprint density at radius 3 is 2.56 bits per heavy atom. The van der Waals surface area contributed by atoms with Crippen molar-refractivity contribution in [2.24, 2.45) is 0 Å². The second kappa shape index (κ2) is 3.51. The minimum atomic E-state index is 0.0518. The third kappa shape index (κ3) is 1.66. The van der Waals surface area contributed by atoms with Crippen LogP contribution in [0.2, 0.25) is 0 Å². The summed E-state index contributed by atoms with van der Waals surface area (Å²) in [6.45, 7) is 8.73. The SMILES string of the molecule is CCc1nc2cc(N)ccc2n1C(C)(C)C. The van der Waals surface area contributed by atoms with Gasteiger partial charge in [0, 0.05) is 17.6 Å². The average molecular weight is 217 g/mol. The van der Waals surface area contributed by atoms with Gasteiger partial charge in [-0.05, 0) is 39.0 Å². The van der Waals surface area contributed by atoms with Crippen LogP contribution in [0.3, 0.4) is 0 Å². The first-order valence-corrected chi connectivity index (χ1v) is 5.71. The lowest BCUT2D eigenvalue weighted by Crippen LogP contribution is -2.23. The Labute approximate surface area is 96.3 Å². The molecule has 2 aromatic rings. The fraction of sp³-hybridized carbons (Fsp3) is 0.462. The molecule has 1 aromatic carbocycles. The zero-order valence-corrected chi connectivity index (χ0v) is 10.4. The van der Waals surface area contributed by atoms with Crippen molar-refractivity contribution in [3.05, 3.63) is 24.0 Å². The number of aromatic nitrogens is 2. The zero-order valence-electron chi connectivity index (χ0n) is 10.4. The highest BCUT2D eigenvalue weighted by atomic mass is 15.1. The van der Waals surface area contributed by atoms with Crippen LogP contribution < -0.4 is 5.73 Å². The van der Waals surface area contributed by atoms with Crippen molar-refractivity contribution in [1.82, 2.24) is 9.55 Å². The molecule has 3 nitrogen and oxygen atoms in total. The van der Waals surface area contributed by atoms with E-state index in [1.54, 1.807) is 0 Å². The van der Waals surface area contributed by atoms with E-state index in [0.29, 0.717) is 0 Å². The van der Waals surface area contributed by atoms with E-state index in [2.05, 4.69) is 43.3 Å². The number of aryl methyl sites for hydroxylation is 1. The van der Waals surface area contributed by atoms with Gasteiger partial charge in [-0.15, -0.1) is 0 Å². The summed E-state index contributed by atoms with van der Waals surface area (Å²) in [6.07, 6.45) is 0.936. The number of nitrogens with two attached hydrogens (primary N) is 1. The van der Waals surface area contributed by atoms with Crippen molar-refractivity contribution in [2.75, 3.05) is 5.73 Å². The molecule has 16 heavy (non-hydrogen) atoms. The lowest BCUT2D eigenvalue weighted by atomic mass is 10.1. The minimum absolute atomic E-state index is 0.0518. The standard InChI is InChI=1S/C13H19N3/c1-5-12-15-10-8-9(14)6-7-11(10)16(12)13(2,3)4/h6-8H,5,14H2,1-4H3. The van der Waals surface area contributed by atoms with E-state index >= 15 is 0 Å². The molecular formula is C13H19N3. The van der Waals surface area contributed by atoms with E-state index < -0.39 is 0 Å². The average Bonchev–Trinajstić information content (AvgIpc) is 2.54. The maximum absolute atomic E-state index is 5.78. The summed E-state index contributed by atoms with van der Waals surface area (Å²) in [5, 5.41) is 0. The number of anilines is 1. The zero-order chi connectivity index (χ0) is 11.9. The molecule has 0 amide bonds. The molecule has 0 aliphatic carbocycles. The third-order valence-corrected chi connectivity index (χ3v) is 2.74. The van der Waals surface area contributed by atoms with E-state index in [9.17, 15) is 0 Å². The molecule has 0 fully saturated rings. The second-order valence-electron chi connectivity index (χ2n) is 5.14. The molecule has 0 saturated carbocycles. The Balaban J connectivity index is 2.79. The largest absolute Gasteiger partial charge is 0.399 e. The maximum atomic E-state index is 5.78. The van der Waals surface area contributed by atoms with E-state index in [4.69, 9.17) is 5.73 Å². The van der Waals surface area contributed by atoms with Gasteiger partial charge in [0.2, 0.25) is 0 Å². The number of rotatable bonds is 1. The highest BCUT2D eigenvalue weighted by Gasteiger charge is 2.20. The molecule has 0 aliphatic heterocycles. The number of nitrogen functional groups attached to an aromatic ring is 1. The van der Waals surface area contributed by atoms with Gasteiger partial charge in [0.1, 0.15) is 5.82 Å². The van der Waals surface area contributed by atoms with Crippen molar-refractivity contribution in [2.45, 2.75) is 39.7 Å². The van der Waals surface area contributed by atoms with Gasteiger partial charge in [-0.1, -0.05) is 6.92 Å². The summed E-state index contributed by atoms with van der Waals surface area (Å²) in [4.78, 5) is 4.64. The topological polar surface area (TPSA) is 43.8 Å². The van der Waals surface area contributed by atoms with Crippen LogP contribution in [0.5, 0.6) is 0 Å². The summed E-state index contributed by atoms with van der Waals surface area (Å²) >= 11 is 0. The van der Waals surface area contributed by atoms with Crippen molar-refractivity contribution < 1.29 is 0 Å². The number of hydrogen-bond donors (Lipinski definition) is 1. The molecule has 2 N–H and O–H groups in total. The van der Waals surface area contributed by atoms with Gasteiger partial charge in [0.05, 0.1) is 11.0 Å². The highest BCUT2D eigenvalue weighted by molar-refractivity contribution is 5.80. The molecule has 86 valence electrons. The Morgan fingerprint density at radius 1 is 1.31 bits per heavy atom. The molecule has 3 heteroatoms. The summed E-state index contributed by atoms with van der Waals surface area (Å²) in [7, 11) is 0. The van der Waals surface area contributed by atoms with Gasteiger partial charge in [-0.3, -0.25) is 0 Å². The van der Waals surface area contributed by atoms with Crippen LogP contribution in [0, 0.1) is 0 Å². The van der Waals surface area contributed by atoms with Crippen molar-refractivity contribution in [3.63, 3.8) is 0 Å². The Kier molecular flexibility index (Phi) is 2.41. The third-order valence-electron chi connectivity index (χ3n) is 2.74. The molecule has 2 rings (SSSR count). The molecule has 1 heterocycles. The molecule has 0 bridgehead atoms. The smallest absolute Gasteiger partial charge is 0.110 e. The van der Waals surface area contributed by atoms with Crippen LogP contribution in [-0.4, -0.2) is 9.55 Å². The predicted octanol–water partition coefficient (Wildman–Crippen LogP) is 2.94. The summed E-state index contributed by atoms with van der Waals surface area (Å²) < 4.78 is 2.29. The molecule has 0 aliphatic rings. The van der Waals surface area contributed by atoms with E-state index in [-0.39, 0.29) is 5.54 Å². The lowest BCUT2D eigenvalue weighted by molar-refractivity contribution is 0.395. The molecule has 0 radical (unpaired) electrons. The lowest BCUT2D eigenvalue weighted by Gasteiger charge is -2.24. The fourth-order valence-electron chi connectivity index (χ4n) is 2.13. The first-order valence-electron chi connectivity index (χ1n) is 5.71. The summed E-state index contributed by atoms with van der Waals surface area (Å²) in [5.41, 5.74) is 8.77. The number of benzene rings is 1. The monoisotopic (exact) mass is 217 g/mol. The highest BCUT2D eigenvalue weighted by Crippen LogP contribution is 2.26. The quantitative estimate of drug-likeness (QED) is 0.746. The molecule has 0 unspecified atom stereocenters. The Bertz CT molecular complexity index is 518. The first-order chi connectivity index (χ1) is 7.43. The maximum Gasteiger partial charge on any atom is 0.110 e. The van der Waals surface area contributed by atoms with Gasteiger partial charge in [-0.2, -0.15) is 0 Å². The number of nitrogens with zero attached hydrogens (tertiary/aromatic N) is 2. The van der Waals surface area contributed by atoms with E-state index in [1.165, 1.54) is 5.52 Å². The van der Waals surface area contributed by atoms with Gasteiger partial charge in [-0.25, -0.2) is 4.98 Å². The number of fused-ring (bicyclic) bond motifs is 1. The van der Waals surface area contributed by atoms with E-state index in [1.807, 2.05) is 12.1 Å². The molecule has 0 atom stereocenters. The van der Waals surface area contributed by atoms with Crippen LogP contribution in [0.15, 0.2) is 18.2 Å². The van der Waals surface area contributed by atoms with Crippen LogP contribution in [0.25, 0.3) is 11.0 Å². The predicted molar refractivity (Wildman–Crippen MR) is 68.5 cm³/mol. The van der Waals surface area contributed by atoms with Gasteiger partial charge in [0.25, 0.3) is 0 Å². The summed E-state index contributed by atoms with van der Waals surface area (Å²) in [5.74, 6) is 1.12. The van der Waals surface area contributed by atoms with Crippen molar-refractivity contribution in [3.8, 4) is 0 Å². The number of imidazole rings is 1. The van der Waals surface area contributed by atoms with Crippen molar-refractivity contribution in [1.29, 1.82) is 0 Å². The minimum Gasteiger partial charge on any atom is -0.399 e. The molecule has 1 aromatic heterocycles. The fourth-order valence-corrected chi connectivity index (χ4v) is 2.13. The normalized spacial score (nSPS) is 12.2. The first kappa shape index (κ1) is 11.0. The van der Waals surface area contributed by atoms with Gasteiger partial charge in [0.15, 0.2) is 0 Å². The second-order valence-corrected chi connectivity index (χ2v) is 5.14. The van der Waals surface area contributed by atoms with Crippen LogP contribution in [0.4, 0.5) is 5.69 Å². The molecular weight excluding hydrogens is 198 g/mol. The van der Waals surface area contributed by atoms with E-state index in [0.717, 1.165) is 23.4 Å². The van der Waals surface area contributed by atoms with Gasteiger partial charge >= 0.3 is 0 Å². The van der Waals surface area contributed by atoms with Gasteiger partial charge < -0.3 is 10.3 Å². The van der Waals surface area contributed by atoms with Crippen molar-refractivity contribution >= 4 is 16.7 Å². The summed E-state index contributed by atoms with van der Waals surface area (Å²) in [6, 6.07) is 5.94.